The number of hydrogen-bond acceptors (Lipinski definition) is 3. The summed E-state index contributed by atoms with van der Waals surface area (Å²) in [6.07, 6.45) is 2.64. The first kappa shape index (κ1) is 17.5. The van der Waals surface area contributed by atoms with Crippen molar-refractivity contribution in [2.75, 3.05) is 13.6 Å². The van der Waals surface area contributed by atoms with Gasteiger partial charge in [0.15, 0.2) is 5.96 Å². The number of nitrogens with one attached hydrogen (secondary N) is 1. The highest BCUT2D eigenvalue weighted by molar-refractivity contribution is 6.11. The van der Waals surface area contributed by atoms with Crippen molar-refractivity contribution in [3.8, 4) is 0 Å². The van der Waals surface area contributed by atoms with E-state index in [9.17, 15) is 9.59 Å². The molecule has 24 heavy (non-hydrogen) atoms. The topological polar surface area (TPSA) is 114 Å². The fourth-order valence-corrected chi connectivity index (χ4v) is 2.67. The van der Waals surface area contributed by atoms with Gasteiger partial charge in [0.05, 0.1) is 0 Å². The Hall–Kier alpha value is -2.83. The molecular weight excluding hydrogens is 306 g/mol. The number of benzene rings is 1. The number of hydrogen-bond donors (Lipinski definition) is 3. The van der Waals surface area contributed by atoms with Crippen molar-refractivity contribution in [2.45, 2.75) is 25.7 Å². The van der Waals surface area contributed by atoms with Crippen LogP contribution >= 0.6 is 0 Å². The quantitative estimate of drug-likeness (QED) is 0.395. The van der Waals surface area contributed by atoms with Crippen molar-refractivity contribution >= 4 is 17.9 Å². The SMILES string of the molecule is CNC(=O)N1C(=O)C(CCCN=C(N)N)=C1CCc1ccccc1. The van der Waals surface area contributed by atoms with E-state index in [0.717, 1.165) is 12.1 Å². The van der Waals surface area contributed by atoms with E-state index < -0.39 is 6.03 Å². The van der Waals surface area contributed by atoms with Crippen molar-refractivity contribution < 1.29 is 9.59 Å². The number of imide groups is 1. The van der Waals surface area contributed by atoms with Crippen LogP contribution in [-0.2, 0) is 11.2 Å². The highest BCUT2D eigenvalue weighted by Gasteiger charge is 2.39. The summed E-state index contributed by atoms with van der Waals surface area (Å²) in [4.78, 5) is 29.3. The lowest BCUT2D eigenvalue weighted by Crippen LogP contribution is -2.50. The molecule has 0 atom stereocenters. The second-order valence-electron chi connectivity index (χ2n) is 5.52. The van der Waals surface area contributed by atoms with Crippen LogP contribution in [0.2, 0.25) is 0 Å². The fraction of sp³-hybridized carbons (Fsp3) is 0.353. The van der Waals surface area contributed by atoms with Crippen LogP contribution in [0.3, 0.4) is 0 Å². The van der Waals surface area contributed by atoms with E-state index in [1.54, 1.807) is 0 Å². The molecule has 0 saturated heterocycles. The van der Waals surface area contributed by atoms with E-state index in [0.29, 0.717) is 31.4 Å². The summed E-state index contributed by atoms with van der Waals surface area (Å²) in [5, 5.41) is 2.51. The highest BCUT2D eigenvalue weighted by atomic mass is 16.2. The molecule has 0 fully saturated rings. The van der Waals surface area contributed by atoms with Gasteiger partial charge >= 0.3 is 6.03 Å². The number of carbonyl (C=O) groups is 2. The Kier molecular flexibility index (Phi) is 5.95. The molecule has 0 radical (unpaired) electrons. The number of aliphatic imine (C=N–C) groups is 1. The van der Waals surface area contributed by atoms with Crippen LogP contribution in [-0.4, -0.2) is 36.4 Å². The van der Waals surface area contributed by atoms with Crippen LogP contribution in [0, 0.1) is 0 Å². The molecule has 1 aliphatic heterocycles. The fourth-order valence-electron chi connectivity index (χ4n) is 2.67. The Labute approximate surface area is 141 Å². The summed E-state index contributed by atoms with van der Waals surface area (Å²) in [7, 11) is 1.52. The molecule has 2 rings (SSSR count). The summed E-state index contributed by atoms with van der Waals surface area (Å²) in [5.74, 6) is -0.192. The Morgan fingerprint density at radius 1 is 1.17 bits per heavy atom. The van der Waals surface area contributed by atoms with Crippen LogP contribution in [0.15, 0.2) is 46.6 Å². The van der Waals surface area contributed by atoms with Gasteiger partial charge in [0.25, 0.3) is 5.91 Å². The maximum atomic E-state index is 12.2. The van der Waals surface area contributed by atoms with Gasteiger partial charge in [0.2, 0.25) is 0 Å². The number of allylic oxidation sites excluding steroid dienone is 1. The average Bonchev–Trinajstić information content (AvgIpc) is 2.58. The first-order valence-electron chi connectivity index (χ1n) is 7.92. The van der Waals surface area contributed by atoms with E-state index >= 15 is 0 Å². The van der Waals surface area contributed by atoms with Crippen LogP contribution in [0.25, 0.3) is 0 Å². The summed E-state index contributed by atoms with van der Waals surface area (Å²) < 4.78 is 0. The van der Waals surface area contributed by atoms with Gasteiger partial charge in [0.1, 0.15) is 0 Å². The van der Waals surface area contributed by atoms with Gasteiger partial charge in [-0.3, -0.25) is 9.79 Å². The number of guanidine groups is 1. The predicted octanol–water partition coefficient (Wildman–Crippen LogP) is 1.11. The smallest absolute Gasteiger partial charge is 0.328 e. The van der Waals surface area contributed by atoms with E-state index in [1.165, 1.54) is 17.5 Å². The van der Waals surface area contributed by atoms with E-state index in [2.05, 4.69) is 10.3 Å². The summed E-state index contributed by atoms with van der Waals surface area (Å²) in [6.45, 7) is 0.463. The second-order valence-corrected chi connectivity index (χ2v) is 5.52. The monoisotopic (exact) mass is 329 g/mol. The lowest BCUT2D eigenvalue weighted by molar-refractivity contribution is -0.126. The first-order valence-corrected chi connectivity index (χ1v) is 7.92. The van der Waals surface area contributed by atoms with Gasteiger partial charge in [-0.05, 0) is 31.2 Å². The molecule has 0 bridgehead atoms. The molecule has 0 unspecified atom stereocenters. The van der Waals surface area contributed by atoms with Crippen LogP contribution < -0.4 is 16.8 Å². The minimum Gasteiger partial charge on any atom is -0.370 e. The standard InChI is InChI=1S/C17H23N5O2/c1-20-17(24)22-14(10-9-12-6-3-2-4-7-12)13(15(22)23)8-5-11-21-16(18)19/h2-4,6-7H,5,8-11H2,1H3,(H,20,24)(H4,18,19,21). The van der Waals surface area contributed by atoms with E-state index in [1.807, 2.05) is 30.3 Å². The number of nitrogens with two attached hydrogens (primary N) is 2. The minimum absolute atomic E-state index is 0.0419. The number of aryl methyl sites for hydroxylation is 1. The third kappa shape index (κ3) is 4.13. The third-order valence-corrected chi connectivity index (χ3v) is 3.87. The normalized spacial score (nSPS) is 13.5. The molecule has 128 valence electrons. The molecule has 1 aromatic rings. The maximum Gasteiger partial charge on any atom is 0.328 e. The molecule has 1 heterocycles. The van der Waals surface area contributed by atoms with Gasteiger partial charge in [-0.25, -0.2) is 9.69 Å². The molecule has 0 aromatic heterocycles. The molecule has 3 amide bonds. The first-order chi connectivity index (χ1) is 11.5. The average molecular weight is 329 g/mol. The zero-order chi connectivity index (χ0) is 17.5. The van der Waals surface area contributed by atoms with Gasteiger partial charge in [-0.15, -0.1) is 0 Å². The number of carbonyl (C=O) groups excluding carboxylic acids is 2. The van der Waals surface area contributed by atoms with Crippen molar-refractivity contribution in [1.29, 1.82) is 0 Å². The van der Waals surface area contributed by atoms with Gasteiger partial charge in [-0.1, -0.05) is 30.3 Å². The highest BCUT2D eigenvalue weighted by Crippen LogP contribution is 2.32. The Morgan fingerprint density at radius 3 is 2.50 bits per heavy atom. The van der Waals surface area contributed by atoms with Crippen molar-refractivity contribution in [3.63, 3.8) is 0 Å². The molecule has 1 aromatic carbocycles. The van der Waals surface area contributed by atoms with Crippen molar-refractivity contribution in [2.24, 2.45) is 16.5 Å². The number of amides is 3. The van der Waals surface area contributed by atoms with Crippen LogP contribution in [0.1, 0.15) is 24.8 Å². The molecule has 5 N–H and O–H groups in total. The molecule has 0 spiro atoms. The molecule has 0 saturated carbocycles. The van der Waals surface area contributed by atoms with Gasteiger partial charge < -0.3 is 16.8 Å². The molecule has 7 heteroatoms. The third-order valence-electron chi connectivity index (χ3n) is 3.87. The predicted molar refractivity (Wildman–Crippen MR) is 93.0 cm³/mol. The lowest BCUT2D eigenvalue weighted by atomic mass is 9.94. The molecule has 0 aliphatic carbocycles. The zero-order valence-corrected chi connectivity index (χ0v) is 13.8. The van der Waals surface area contributed by atoms with Crippen molar-refractivity contribution in [1.82, 2.24) is 10.2 Å². The summed E-state index contributed by atoms with van der Waals surface area (Å²) >= 11 is 0. The van der Waals surface area contributed by atoms with Crippen molar-refractivity contribution in [3.05, 3.63) is 47.2 Å². The summed E-state index contributed by atoms with van der Waals surface area (Å²) in [6, 6.07) is 9.58. The Balaban J connectivity index is 2.06. The molecule has 1 aliphatic rings. The van der Waals surface area contributed by atoms with Crippen LogP contribution in [0.5, 0.6) is 0 Å². The lowest BCUT2D eigenvalue weighted by Gasteiger charge is -2.35. The van der Waals surface area contributed by atoms with Crippen LogP contribution in [0.4, 0.5) is 4.79 Å². The van der Waals surface area contributed by atoms with E-state index in [4.69, 9.17) is 11.5 Å². The minimum atomic E-state index is -0.393. The largest absolute Gasteiger partial charge is 0.370 e. The van der Waals surface area contributed by atoms with E-state index in [-0.39, 0.29) is 11.9 Å². The number of urea groups is 1. The molecule has 7 nitrogen and oxygen atoms in total. The van der Waals surface area contributed by atoms with Gasteiger partial charge in [-0.2, -0.15) is 0 Å². The summed E-state index contributed by atoms with van der Waals surface area (Å²) in [5.41, 5.74) is 13.2. The van der Waals surface area contributed by atoms with Gasteiger partial charge in [0, 0.05) is 24.9 Å². The number of rotatable bonds is 7. The Morgan fingerprint density at radius 2 is 1.88 bits per heavy atom. The maximum absolute atomic E-state index is 12.2. The zero-order valence-electron chi connectivity index (χ0n) is 13.8. The number of nitrogens with zero attached hydrogens (tertiary/aromatic N) is 2. The Bertz CT molecular complexity index is 663. The second kappa shape index (κ2) is 8.14. The molecular formula is C17H23N5O2.